The summed E-state index contributed by atoms with van der Waals surface area (Å²) in [4.78, 5) is 36.5. The van der Waals surface area contributed by atoms with Gasteiger partial charge in [-0.1, -0.05) is 32.0 Å². The third kappa shape index (κ3) is 4.55. The van der Waals surface area contributed by atoms with Gasteiger partial charge in [-0.2, -0.15) is 0 Å². The van der Waals surface area contributed by atoms with Gasteiger partial charge in [0.1, 0.15) is 12.1 Å². The van der Waals surface area contributed by atoms with Gasteiger partial charge in [0.15, 0.2) is 0 Å². The minimum Gasteiger partial charge on any atom is -0.354 e. The Balaban J connectivity index is 2.01. The molecule has 1 aliphatic rings. The van der Waals surface area contributed by atoms with Crippen molar-refractivity contribution in [2.24, 2.45) is 5.92 Å². The van der Waals surface area contributed by atoms with Crippen LogP contribution in [0.25, 0.3) is 0 Å². The molecule has 1 saturated heterocycles. The summed E-state index contributed by atoms with van der Waals surface area (Å²) in [6.45, 7) is 4.36. The molecule has 0 bridgehead atoms. The molecule has 2 rings (SSSR count). The van der Waals surface area contributed by atoms with E-state index in [1.165, 1.54) is 0 Å². The van der Waals surface area contributed by atoms with Crippen LogP contribution in [0.3, 0.4) is 0 Å². The van der Waals surface area contributed by atoms with E-state index in [0.29, 0.717) is 18.5 Å². The molecule has 1 unspecified atom stereocenters. The lowest BCUT2D eigenvalue weighted by atomic mass is 10.0. The van der Waals surface area contributed by atoms with Crippen LogP contribution in [0, 0.1) is 5.92 Å². The Morgan fingerprint density at radius 1 is 1.22 bits per heavy atom. The Hall–Kier alpha value is -2.37. The average molecular weight is 317 g/mol. The summed E-state index contributed by atoms with van der Waals surface area (Å²) in [6, 6.07) is 7.55. The maximum Gasteiger partial charge on any atom is 0.251 e. The third-order valence-electron chi connectivity index (χ3n) is 3.87. The fraction of sp³-hybridized carbons (Fsp3) is 0.471. The van der Waals surface area contributed by atoms with Gasteiger partial charge in [-0.15, -0.1) is 0 Å². The van der Waals surface area contributed by atoms with Gasteiger partial charge in [0.25, 0.3) is 5.91 Å². The summed E-state index contributed by atoms with van der Waals surface area (Å²) in [5, 5.41) is 8.23. The smallest absolute Gasteiger partial charge is 0.251 e. The fourth-order valence-electron chi connectivity index (χ4n) is 2.52. The molecule has 1 aliphatic heterocycles. The summed E-state index contributed by atoms with van der Waals surface area (Å²) in [6.07, 6.45) is 1.45. The van der Waals surface area contributed by atoms with Gasteiger partial charge in [-0.05, 0) is 30.9 Å². The lowest BCUT2D eigenvalue weighted by Crippen LogP contribution is -2.56. The molecule has 2 atom stereocenters. The quantitative estimate of drug-likeness (QED) is 0.752. The number of nitrogens with one attached hydrogen (secondary N) is 3. The van der Waals surface area contributed by atoms with Crippen molar-refractivity contribution in [2.75, 3.05) is 6.54 Å². The summed E-state index contributed by atoms with van der Waals surface area (Å²) in [5.41, 5.74) is 0.501. The average Bonchev–Trinajstić information content (AvgIpc) is 2.55. The van der Waals surface area contributed by atoms with E-state index in [1.54, 1.807) is 24.3 Å². The second-order valence-electron chi connectivity index (χ2n) is 6.06. The predicted molar refractivity (Wildman–Crippen MR) is 86.7 cm³/mol. The van der Waals surface area contributed by atoms with Crippen molar-refractivity contribution in [1.29, 1.82) is 0 Å². The first-order valence-electron chi connectivity index (χ1n) is 7.93. The zero-order valence-electron chi connectivity index (χ0n) is 13.5. The maximum atomic E-state index is 12.5. The highest BCUT2D eigenvalue weighted by Crippen LogP contribution is 2.08. The van der Waals surface area contributed by atoms with Crippen molar-refractivity contribution in [1.82, 2.24) is 16.0 Å². The first-order valence-corrected chi connectivity index (χ1v) is 7.93. The zero-order valence-corrected chi connectivity index (χ0v) is 13.5. The fourth-order valence-corrected chi connectivity index (χ4v) is 2.52. The summed E-state index contributed by atoms with van der Waals surface area (Å²) >= 11 is 0. The molecule has 3 N–H and O–H groups in total. The van der Waals surface area contributed by atoms with Crippen molar-refractivity contribution >= 4 is 17.7 Å². The van der Waals surface area contributed by atoms with Crippen LogP contribution >= 0.6 is 0 Å². The predicted octanol–water partition coefficient (Wildman–Crippen LogP) is 0.836. The van der Waals surface area contributed by atoms with Crippen LogP contribution in [0.2, 0.25) is 0 Å². The normalized spacial score (nSPS) is 18.9. The van der Waals surface area contributed by atoms with E-state index in [-0.39, 0.29) is 23.6 Å². The Bertz CT molecular complexity index is 572. The van der Waals surface area contributed by atoms with Crippen molar-refractivity contribution in [2.45, 2.75) is 38.8 Å². The number of benzene rings is 1. The third-order valence-corrected chi connectivity index (χ3v) is 3.87. The number of amides is 3. The van der Waals surface area contributed by atoms with Gasteiger partial charge in [-0.25, -0.2) is 0 Å². The first kappa shape index (κ1) is 17.0. The number of hydrogen-bond donors (Lipinski definition) is 3. The lowest BCUT2D eigenvalue weighted by molar-refractivity contribution is -0.131. The molecule has 0 radical (unpaired) electrons. The molecule has 3 amide bonds. The van der Waals surface area contributed by atoms with Crippen LogP contribution in [-0.4, -0.2) is 36.3 Å². The maximum absolute atomic E-state index is 12.5. The van der Waals surface area contributed by atoms with Crippen LogP contribution in [0.1, 0.15) is 37.0 Å². The Kier molecular flexibility index (Phi) is 5.73. The molecule has 1 heterocycles. The largest absolute Gasteiger partial charge is 0.354 e. The molecule has 23 heavy (non-hydrogen) atoms. The number of piperidine rings is 1. The molecule has 1 aromatic carbocycles. The van der Waals surface area contributed by atoms with Crippen LogP contribution < -0.4 is 16.0 Å². The Morgan fingerprint density at radius 2 is 1.91 bits per heavy atom. The second-order valence-corrected chi connectivity index (χ2v) is 6.06. The van der Waals surface area contributed by atoms with Crippen molar-refractivity contribution in [3.8, 4) is 0 Å². The zero-order chi connectivity index (χ0) is 16.8. The van der Waals surface area contributed by atoms with E-state index in [0.717, 1.165) is 6.42 Å². The molecule has 1 aromatic rings. The van der Waals surface area contributed by atoms with E-state index in [4.69, 9.17) is 0 Å². The van der Waals surface area contributed by atoms with Gasteiger partial charge < -0.3 is 16.0 Å². The molecule has 124 valence electrons. The van der Waals surface area contributed by atoms with E-state index in [1.807, 2.05) is 19.9 Å². The molecule has 0 spiro atoms. The molecular weight excluding hydrogens is 294 g/mol. The minimum absolute atomic E-state index is 0.0886. The lowest BCUT2D eigenvalue weighted by Gasteiger charge is -2.27. The van der Waals surface area contributed by atoms with E-state index in [2.05, 4.69) is 16.0 Å². The Labute approximate surface area is 136 Å². The van der Waals surface area contributed by atoms with Gasteiger partial charge in [-0.3, -0.25) is 14.4 Å². The van der Waals surface area contributed by atoms with Crippen molar-refractivity contribution < 1.29 is 14.4 Å². The van der Waals surface area contributed by atoms with Gasteiger partial charge >= 0.3 is 0 Å². The molecule has 0 aliphatic carbocycles. The molecule has 6 heteroatoms. The van der Waals surface area contributed by atoms with Crippen LogP contribution in [0.5, 0.6) is 0 Å². The SMILES string of the molecule is CC(C)[C@H](NC(=O)c1ccccc1)C(=O)NC1CCCNC1=O. The highest BCUT2D eigenvalue weighted by atomic mass is 16.2. The summed E-state index contributed by atoms with van der Waals surface area (Å²) < 4.78 is 0. The molecule has 1 fully saturated rings. The Morgan fingerprint density at radius 3 is 2.52 bits per heavy atom. The van der Waals surface area contributed by atoms with Crippen molar-refractivity contribution in [3.63, 3.8) is 0 Å². The highest BCUT2D eigenvalue weighted by Gasteiger charge is 2.29. The summed E-state index contributed by atoms with van der Waals surface area (Å²) in [5.74, 6) is -0.880. The number of carbonyl (C=O) groups is 3. The van der Waals surface area contributed by atoms with Crippen LogP contribution in [0.15, 0.2) is 30.3 Å². The molecule has 6 nitrogen and oxygen atoms in total. The minimum atomic E-state index is -0.683. The second kappa shape index (κ2) is 7.76. The topological polar surface area (TPSA) is 87.3 Å². The van der Waals surface area contributed by atoms with Crippen LogP contribution in [0.4, 0.5) is 0 Å². The highest BCUT2D eigenvalue weighted by molar-refractivity contribution is 5.98. The molecule has 0 aromatic heterocycles. The molecule has 0 saturated carbocycles. The van der Waals surface area contributed by atoms with Gasteiger partial charge in [0, 0.05) is 12.1 Å². The number of carbonyl (C=O) groups excluding carboxylic acids is 3. The van der Waals surface area contributed by atoms with E-state index in [9.17, 15) is 14.4 Å². The monoisotopic (exact) mass is 317 g/mol. The standard InChI is InChI=1S/C17H23N3O3/c1-11(2)14(20-15(21)12-7-4-3-5-8-12)17(23)19-13-9-6-10-18-16(13)22/h3-5,7-8,11,13-14H,6,9-10H2,1-2H3,(H,18,22)(H,19,23)(H,20,21)/t13?,14-/m0/s1. The van der Waals surface area contributed by atoms with Gasteiger partial charge in [0.05, 0.1) is 0 Å². The van der Waals surface area contributed by atoms with Crippen molar-refractivity contribution in [3.05, 3.63) is 35.9 Å². The summed E-state index contributed by atoms with van der Waals surface area (Å²) in [7, 11) is 0. The van der Waals surface area contributed by atoms with Gasteiger partial charge in [0.2, 0.25) is 11.8 Å². The first-order chi connectivity index (χ1) is 11.0. The molecular formula is C17H23N3O3. The van der Waals surface area contributed by atoms with E-state index < -0.39 is 12.1 Å². The number of hydrogen-bond acceptors (Lipinski definition) is 3. The van der Waals surface area contributed by atoms with Crippen LogP contribution in [-0.2, 0) is 9.59 Å². The van der Waals surface area contributed by atoms with E-state index >= 15 is 0 Å². The number of rotatable bonds is 5.